The number of rotatable bonds is 6. The SMILES string of the molecule is Cc1ncc([N+](=O)[O-])cc1C=CCNC(=O)OCC1c2ccccc2-c2ccccc21. The molecule has 3 aromatic rings. The lowest BCUT2D eigenvalue weighted by Gasteiger charge is -2.14. The molecule has 7 heteroatoms. The molecule has 0 saturated carbocycles. The number of aromatic nitrogens is 1. The van der Waals surface area contributed by atoms with E-state index in [0.29, 0.717) is 11.3 Å². The third-order valence-electron chi connectivity index (χ3n) is 5.33. The van der Waals surface area contributed by atoms with Crippen molar-refractivity contribution in [3.63, 3.8) is 0 Å². The number of carbonyl (C=O) groups excluding carboxylic acids is 1. The fraction of sp³-hybridized carbons (Fsp3) is 0.167. The van der Waals surface area contributed by atoms with Crippen LogP contribution in [0.5, 0.6) is 0 Å². The van der Waals surface area contributed by atoms with Gasteiger partial charge in [-0.25, -0.2) is 4.79 Å². The van der Waals surface area contributed by atoms with E-state index in [4.69, 9.17) is 4.74 Å². The number of hydrogen-bond acceptors (Lipinski definition) is 5. The number of hydrogen-bond donors (Lipinski definition) is 1. The van der Waals surface area contributed by atoms with Crippen molar-refractivity contribution in [1.82, 2.24) is 10.3 Å². The first-order chi connectivity index (χ1) is 15.0. The fourth-order valence-electron chi connectivity index (χ4n) is 3.78. The minimum Gasteiger partial charge on any atom is -0.449 e. The Bertz CT molecular complexity index is 1130. The summed E-state index contributed by atoms with van der Waals surface area (Å²) >= 11 is 0. The summed E-state index contributed by atoms with van der Waals surface area (Å²) in [7, 11) is 0. The second kappa shape index (κ2) is 8.79. The number of fused-ring (bicyclic) bond motifs is 3. The molecule has 1 amide bonds. The molecular formula is C24H21N3O4. The number of carbonyl (C=O) groups is 1. The van der Waals surface area contributed by atoms with Gasteiger partial charge in [0, 0.05) is 29.8 Å². The van der Waals surface area contributed by atoms with Crippen molar-refractivity contribution in [2.24, 2.45) is 0 Å². The molecule has 0 unspecified atom stereocenters. The zero-order valence-electron chi connectivity index (χ0n) is 16.9. The van der Waals surface area contributed by atoms with E-state index in [1.807, 2.05) is 24.3 Å². The molecule has 1 aromatic heterocycles. The maximum Gasteiger partial charge on any atom is 0.407 e. The van der Waals surface area contributed by atoms with E-state index in [9.17, 15) is 14.9 Å². The highest BCUT2D eigenvalue weighted by atomic mass is 16.6. The number of alkyl carbamates (subject to hydrolysis) is 1. The molecule has 156 valence electrons. The summed E-state index contributed by atoms with van der Waals surface area (Å²) in [6.07, 6.45) is 4.11. The number of nitro groups is 1. The Balaban J connectivity index is 1.34. The highest BCUT2D eigenvalue weighted by Crippen LogP contribution is 2.44. The molecule has 0 aliphatic heterocycles. The first-order valence-electron chi connectivity index (χ1n) is 9.91. The van der Waals surface area contributed by atoms with E-state index in [2.05, 4.69) is 34.6 Å². The van der Waals surface area contributed by atoms with Gasteiger partial charge in [0.05, 0.1) is 4.92 Å². The van der Waals surface area contributed by atoms with Gasteiger partial charge in [0.15, 0.2) is 0 Å². The molecular weight excluding hydrogens is 394 g/mol. The maximum atomic E-state index is 12.2. The summed E-state index contributed by atoms with van der Waals surface area (Å²) in [5.74, 6) is 0.00674. The number of benzene rings is 2. The standard InChI is InChI=1S/C24H21N3O4/c1-16-17(13-18(14-26-16)27(29)30)7-6-12-25-24(28)31-15-23-21-10-4-2-8-19(21)20-9-3-5-11-22(20)23/h2-11,13-14,23H,12,15H2,1H3,(H,25,28). The Morgan fingerprint density at radius 3 is 2.45 bits per heavy atom. The van der Waals surface area contributed by atoms with Gasteiger partial charge >= 0.3 is 6.09 Å². The van der Waals surface area contributed by atoms with Crippen molar-refractivity contribution in [2.75, 3.05) is 13.2 Å². The minimum absolute atomic E-state index is 0.00674. The number of ether oxygens (including phenoxy) is 1. The molecule has 1 aliphatic rings. The Morgan fingerprint density at radius 2 is 1.81 bits per heavy atom. The van der Waals surface area contributed by atoms with Gasteiger partial charge in [-0.3, -0.25) is 15.1 Å². The summed E-state index contributed by atoms with van der Waals surface area (Å²) in [6, 6.07) is 17.8. The molecule has 1 aliphatic carbocycles. The highest BCUT2D eigenvalue weighted by molar-refractivity contribution is 5.79. The van der Waals surface area contributed by atoms with E-state index >= 15 is 0 Å². The van der Waals surface area contributed by atoms with Gasteiger partial charge < -0.3 is 10.1 Å². The van der Waals surface area contributed by atoms with E-state index in [-0.39, 0.29) is 24.8 Å². The minimum atomic E-state index is -0.514. The van der Waals surface area contributed by atoms with Crippen LogP contribution in [0.4, 0.5) is 10.5 Å². The van der Waals surface area contributed by atoms with Crippen LogP contribution < -0.4 is 5.32 Å². The number of nitrogens with zero attached hydrogens (tertiary/aromatic N) is 2. The average molecular weight is 415 g/mol. The van der Waals surface area contributed by atoms with E-state index in [0.717, 1.165) is 11.1 Å². The number of amides is 1. The smallest absolute Gasteiger partial charge is 0.407 e. The van der Waals surface area contributed by atoms with Crippen LogP contribution in [0.3, 0.4) is 0 Å². The zero-order chi connectivity index (χ0) is 21.8. The molecule has 0 radical (unpaired) electrons. The van der Waals surface area contributed by atoms with Crippen LogP contribution in [0.2, 0.25) is 0 Å². The lowest BCUT2D eigenvalue weighted by atomic mass is 9.98. The summed E-state index contributed by atoms with van der Waals surface area (Å²) in [4.78, 5) is 26.6. The van der Waals surface area contributed by atoms with Crippen LogP contribution in [0, 0.1) is 17.0 Å². The van der Waals surface area contributed by atoms with Crippen molar-refractivity contribution in [2.45, 2.75) is 12.8 Å². The third kappa shape index (κ3) is 4.30. The van der Waals surface area contributed by atoms with Gasteiger partial charge in [-0.05, 0) is 29.2 Å². The van der Waals surface area contributed by atoms with Crippen LogP contribution in [0.1, 0.15) is 28.3 Å². The third-order valence-corrected chi connectivity index (χ3v) is 5.33. The van der Waals surface area contributed by atoms with E-state index in [1.54, 1.807) is 19.1 Å². The zero-order valence-corrected chi connectivity index (χ0v) is 16.9. The lowest BCUT2D eigenvalue weighted by molar-refractivity contribution is -0.385. The van der Waals surface area contributed by atoms with Crippen LogP contribution in [0.25, 0.3) is 17.2 Å². The summed E-state index contributed by atoms with van der Waals surface area (Å²) in [6.45, 7) is 2.25. The van der Waals surface area contributed by atoms with Gasteiger partial charge in [-0.2, -0.15) is 0 Å². The summed E-state index contributed by atoms with van der Waals surface area (Å²) in [5, 5.41) is 13.6. The van der Waals surface area contributed by atoms with Crippen LogP contribution >= 0.6 is 0 Å². The van der Waals surface area contributed by atoms with Crippen LogP contribution in [-0.4, -0.2) is 29.2 Å². The van der Waals surface area contributed by atoms with E-state index in [1.165, 1.54) is 23.4 Å². The lowest BCUT2D eigenvalue weighted by Crippen LogP contribution is -2.26. The molecule has 1 heterocycles. The molecule has 0 fully saturated rings. The van der Waals surface area contributed by atoms with Crippen LogP contribution in [0.15, 0.2) is 66.9 Å². The van der Waals surface area contributed by atoms with Crippen molar-refractivity contribution in [3.8, 4) is 11.1 Å². The first kappa shape index (κ1) is 20.3. The Labute approximate surface area is 179 Å². The molecule has 0 saturated heterocycles. The molecule has 0 spiro atoms. The number of aryl methyl sites for hydroxylation is 1. The van der Waals surface area contributed by atoms with Crippen molar-refractivity contribution in [3.05, 3.63) is 99.4 Å². The second-order valence-electron chi connectivity index (χ2n) is 7.23. The van der Waals surface area contributed by atoms with Gasteiger partial charge in [0.1, 0.15) is 12.8 Å². The quantitative estimate of drug-likeness (QED) is 0.459. The van der Waals surface area contributed by atoms with E-state index < -0.39 is 11.0 Å². The molecule has 7 nitrogen and oxygen atoms in total. The highest BCUT2D eigenvalue weighted by Gasteiger charge is 2.28. The average Bonchev–Trinajstić information content (AvgIpc) is 3.10. The fourth-order valence-corrected chi connectivity index (χ4v) is 3.78. The van der Waals surface area contributed by atoms with Gasteiger partial charge in [0.25, 0.3) is 5.69 Å². The number of nitrogens with one attached hydrogen (secondary N) is 1. The first-order valence-corrected chi connectivity index (χ1v) is 9.91. The Morgan fingerprint density at radius 1 is 1.16 bits per heavy atom. The van der Waals surface area contributed by atoms with Crippen molar-refractivity contribution >= 4 is 17.9 Å². The predicted molar refractivity (Wildman–Crippen MR) is 118 cm³/mol. The monoisotopic (exact) mass is 415 g/mol. The topological polar surface area (TPSA) is 94.4 Å². The van der Waals surface area contributed by atoms with Gasteiger partial charge in [-0.15, -0.1) is 0 Å². The molecule has 2 aromatic carbocycles. The number of pyridine rings is 1. The summed E-state index contributed by atoms with van der Waals surface area (Å²) in [5.41, 5.74) is 5.89. The molecule has 0 bridgehead atoms. The largest absolute Gasteiger partial charge is 0.449 e. The van der Waals surface area contributed by atoms with Crippen molar-refractivity contribution in [1.29, 1.82) is 0 Å². The van der Waals surface area contributed by atoms with Gasteiger partial charge in [0.2, 0.25) is 0 Å². The normalized spacial score (nSPS) is 12.4. The Hall–Kier alpha value is -4.00. The molecule has 1 N–H and O–H groups in total. The predicted octanol–water partition coefficient (Wildman–Crippen LogP) is 4.85. The van der Waals surface area contributed by atoms with Crippen LogP contribution in [-0.2, 0) is 4.74 Å². The van der Waals surface area contributed by atoms with Crippen molar-refractivity contribution < 1.29 is 14.5 Å². The van der Waals surface area contributed by atoms with Gasteiger partial charge in [-0.1, -0.05) is 60.7 Å². The molecule has 4 rings (SSSR count). The molecule has 31 heavy (non-hydrogen) atoms. The molecule has 0 atom stereocenters. The second-order valence-corrected chi connectivity index (χ2v) is 7.23. The summed E-state index contributed by atoms with van der Waals surface area (Å²) < 4.78 is 5.48. The Kier molecular flexibility index (Phi) is 5.75. The maximum absolute atomic E-state index is 12.2.